The van der Waals surface area contributed by atoms with E-state index in [1.165, 1.54) is 12.8 Å². The van der Waals surface area contributed by atoms with Crippen LogP contribution in [0.5, 0.6) is 0 Å². The third-order valence-corrected chi connectivity index (χ3v) is 9.78. The Balaban J connectivity index is 1.39. The average Bonchev–Trinajstić information content (AvgIpc) is 3.57. The van der Waals surface area contributed by atoms with Gasteiger partial charge in [0.25, 0.3) is 0 Å². The Labute approximate surface area is 261 Å². The van der Waals surface area contributed by atoms with Gasteiger partial charge in [0.05, 0.1) is 22.3 Å². The molecule has 6 nitrogen and oxygen atoms in total. The monoisotopic (exact) mass is 690 g/mol. The molecular weight excluding hydrogens is 660 g/mol. The fourth-order valence-corrected chi connectivity index (χ4v) is 7.55. The summed E-state index contributed by atoms with van der Waals surface area (Å²) in [4.78, 5) is 28.8. The zero-order valence-electron chi connectivity index (χ0n) is 23.2. The maximum absolute atomic E-state index is 14.4. The Morgan fingerprint density at radius 3 is 1.36 bits per heavy atom. The average molecular weight is 692 g/mol. The lowest BCUT2D eigenvalue weighted by molar-refractivity contribution is 0.0945. The second-order valence-electron chi connectivity index (χ2n) is 11.7. The zero-order valence-corrected chi connectivity index (χ0v) is 26.4. The molecule has 7 rings (SSSR count). The lowest BCUT2D eigenvalue weighted by Gasteiger charge is -2.23. The lowest BCUT2D eigenvalue weighted by Crippen LogP contribution is -2.22. The minimum absolute atomic E-state index is 0.0713. The number of anilines is 2. The third kappa shape index (κ3) is 5.06. The number of furan rings is 2. The normalized spacial score (nSPS) is 17.7. The molecule has 2 N–H and O–H groups in total. The highest BCUT2D eigenvalue weighted by Gasteiger charge is 2.44. The van der Waals surface area contributed by atoms with E-state index in [0.29, 0.717) is 22.9 Å². The van der Waals surface area contributed by atoms with Gasteiger partial charge in [-0.15, -0.1) is 0 Å². The minimum atomic E-state index is -0.331. The van der Waals surface area contributed by atoms with Crippen molar-refractivity contribution in [1.82, 2.24) is 0 Å². The summed E-state index contributed by atoms with van der Waals surface area (Å²) in [6, 6.07) is 16.0. The topological polar surface area (TPSA) is 84.5 Å². The van der Waals surface area contributed by atoms with E-state index in [1.54, 1.807) is 0 Å². The summed E-state index contributed by atoms with van der Waals surface area (Å²) in [6.45, 7) is 0. The molecule has 0 spiro atoms. The van der Waals surface area contributed by atoms with E-state index in [4.69, 9.17) is 8.83 Å². The molecule has 0 unspecified atom stereocenters. The molecule has 2 fully saturated rings. The number of carbonyl (C=O) groups is 2. The van der Waals surface area contributed by atoms with E-state index in [2.05, 4.69) is 42.5 Å². The highest BCUT2D eigenvalue weighted by molar-refractivity contribution is 9.10. The van der Waals surface area contributed by atoms with Crippen LogP contribution in [0.4, 0.5) is 11.8 Å². The first-order chi connectivity index (χ1) is 20.5. The van der Waals surface area contributed by atoms with Crippen molar-refractivity contribution in [2.75, 3.05) is 10.6 Å². The summed E-state index contributed by atoms with van der Waals surface area (Å²) >= 11 is 7.16. The Morgan fingerprint density at radius 2 is 0.976 bits per heavy atom. The predicted octanol–water partition coefficient (Wildman–Crippen LogP) is 10.00. The highest BCUT2D eigenvalue weighted by atomic mass is 79.9. The van der Waals surface area contributed by atoms with Crippen LogP contribution in [0.25, 0.3) is 22.3 Å². The van der Waals surface area contributed by atoms with E-state index >= 15 is 0 Å². The molecule has 2 aromatic heterocycles. The summed E-state index contributed by atoms with van der Waals surface area (Å²) in [5, 5.41) is 7.14. The molecule has 216 valence electrons. The summed E-state index contributed by atoms with van der Waals surface area (Å²) in [5.41, 5.74) is 3.37. The second-order valence-corrected chi connectivity index (χ2v) is 13.5. The van der Waals surface area contributed by atoms with E-state index in [-0.39, 0.29) is 46.3 Å². The predicted molar refractivity (Wildman–Crippen MR) is 172 cm³/mol. The van der Waals surface area contributed by atoms with Crippen molar-refractivity contribution in [3.8, 4) is 22.3 Å². The van der Waals surface area contributed by atoms with Crippen LogP contribution in [0.15, 0.2) is 66.3 Å². The first-order valence-electron chi connectivity index (χ1n) is 15.0. The van der Waals surface area contributed by atoms with Gasteiger partial charge in [-0.1, -0.05) is 94.7 Å². The SMILES string of the molecule is O=C1c2oc(NC3CCCCC3)c(-c3cccc(Br)c3)c2C(=O)c2oc(NC3CCCCC3)c(-c3cccc(Br)c3)c21. The third-order valence-electron chi connectivity index (χ3n) is 8.79. The number of nitrogens with one attached hydrogen (secondary N) is 2. The summed E-state index contributed by atoms with van der Waals surface area (Å²) in [5.74, 6) is 0.429. The lowest BCUT2D eigenvalue weighted by atomic mass is 9.86. The molecule has 4 aromatic rings. The molecule has 2 heterocycles. The van der Waals surface area contributed by atoms with Crippen LogP contribution in [0.3, 0.4) is 0 Å². The maximum Gasteiger partial charge on any atom is 0.233 e. The molecule has 8 heteroatoms. The number of hydrogen-bond donors (Lipinski definition) is 2. The Hall–Kier alpha value is -3.10. The van der Waals surface area contributed by atoms with Crippen LogP contribution >= 0.6 is 31.9 Å². The number of fused-ring (bicyclic) bond motifs is 2. The van der Waals surface area contributed by atoms with Gasteiger partial charge in [-0.3, -0.25) is 9.59 Å². The fourth-order valence-electron chi connectivity index (χ4n) is 6.75. The number of benzene rings is 2. The highest BCUT2D eigenvalue weighted by Crippen LogP contribution is 2.48. The molecule has 2 saturated carbocycles. The van der Waals surface area contributed by atoms with Gasteiger partial charge < -0.3 is 19.5 Å². The number of rotatable bonds is 6. The molecule has 0 radical (unpaired) electrons. The van der Waals surface area contributed by atoms with E-state index in [1.807, 2.05) is 48.5 Å². The number of hydrogen-bond acceptors (Lipinski definition) is 6. The number of ketones is 2. The Morgan fingerprint density at radius 1 is 0.571 bits per heavy atom. The van der Waals surface area contributed by atoms with Crippen molar-refractivity contribution < 1.29 is 18.4 Å². The molecule has 0 amide bonds. The van der Waals surface area contributed by atoms with Crippen LogP contribution in [0.2, 0.25) is 0 Å². The molecule has 3 aliphatic carbocycles. The quantitative estimate of drug-likeness (QED) is 0.184. The van der Waals surface area contributed by atoms with Gasteiger partial charge in [0.2, 0.25) is 23.3 Å². The van der Waals surface area contributed by atoms with E-state index in [0.717, 1.165) is 71.4 Å². The number of carbonyl (C=O) groups excluding carboxylic acids is 2. The van der Waals surface area contributed by atoms with Crippen molar-refractivity contribution >= 4 is 55.2 Å². The maximum atomic E-state index is 14.4. The van der Waals surface area contributed by atoms with E-state index in [9.17, 15) is 9.59 Å². The molecule has 42 heavy (non-hydrogen) atoms. The summed E-state index contributed by atoms with van der Waals surface area (Å²) in [6.07, 6.45) is 11.1. The smallest absolute Gasteiger partial charge is 0.233 e. The molecule has 3 aliphatic rings. The van der Waals surface area contributed by atoms with Crippen molar-refractivity contribution in [2.24, 2.45) is 0 Å². The Bertz CT molecular complexity index is 1550. The van der Waals surface area contributed by atoms with Crippen LogP contribution < -0.4 is 10.6 Å². The zero-order chi connectivity index (χ0) is 28.8. The standard InChI is InChI=1S/C34H32Br2N2O4/c35-21-11-7-9-19(17-21)25-27-29(39)32-28(30(40)31(27)41-33(25)37-23-13-3-1-4-14-23)26(20-10-8-12-22(36)18-20)34(42-32)38-24-15-5-2-6-16-24/h7-12,17-18,23-24,37-38H,1-6,13-16H2. The second kappa shape index (κ2) is 11.5. The van der Waals surface area contributed by atoms with Crippen molar-refractivity contribution in [3.63, 3.8) is 0 Å². The van der Waals surface area contributed by atoms with E-state index < -0.39 is 0 Å². The van der Waals surface area contributed by atoms with Crippen LogP contribution in [0, 0.1) is 0 Å². The van der Waals surface area contributed by atoms with Crippen molar-refractivity contribution in [2.45, 2.75) is 76.3 Å². The van der Waals surface area contributed by atoms with Crippen molar-refractivity contribution in [1.29, 1.82) is 0 Å². The van der Waals surface area contributed by atoms with Crippen LogP contribution in [-0.4, -0.2) is 23.7 Å². The summed E-state index contributed by atoms with van der Waals surface area (Å²) in [7, 11) is 0. The minimum Gasteiger partial charge on any atom is -0.436 e. The number of halogens is 2. The van der Waals surface area contributed by atoms with Gasteiger partial charge in [-0.05, 0) is 61.1 Å². The van der Waals surface area contributed by atoms with Gasteiger partial charge >= 0.3 is 0 Å². The van der Waals surface area contributed by atoms with Gasteiger partial charge in [-0.2, -0.15) is 0 Å². The van der Waals surface area contributed by atoms with Crippen LogP contribution in [-0.2, 0) is 0 Å². The van der Waals surface area contributed by atoms with Gasteiger partial charge in [0.15, 0.2) is 11.5 Å². The van der Waals surface area contributed by atoms with Crippen molar-refractivity contribution in [3.05, 3.63) is 80.1 Å². The van der Waals surface area contributed by atoms with Gasteiger partial charge in [0, 0.05) is 21.0 Å². The molecule has 0 saturated heterocycles. The Kier molecular flexibility index (Phi) is 7.61. The van der Waals surface area contributed by atoms with Gasteiger partial charge in [0.1, 0.15) is 0 Å². The molecular formula is C34H32Br2N2O4. The largest absolute Gasteiger partial charge is 0.436 e. The molecule has 0 aliphatic heterocycles. The van der Waals surface area contributed by atoms with Gasteiger partial charge in [-0.25, -0.2) is 0 Å². The fraction of sp³-hybridized carbons (Fsp3) is 0.353. The molecule has 0 bridgehead atoms. The molecule has 0 atom stereocenters. The van der Waals surface area contributed by atoms with Crippen LogP contribution in [0.1, 0.15) is 96.4 Å². The molecule has 2 aromatic carbocycles. The first-order valence-corrected chi connectivity index (χ1v) is 16.5. The first kappa shape index (κ1) is 27.7. The summed E-state index contributed by atoms with van der Waals surface area (Å²) < 4.78 is 14.5.